The molecule has 10 N–H and O–H groups in total. The zero-order valence-corrected chi connectivity index (χ0v) is 17.6. The van der Waals surface area contributed by atoms with Gasteiger partial charge >= 0.3 is 0 Å². The first kappa shape index (κ1) is 27.0. The molecule has 0 amide bonds. The molecular weight excluding hydrogens is 456 g/mol. The molecule has 0 aliphatic carbocycles. The summed E-state index contributed by atoms with van der Waals surface area (Å²) in [4.78, 5) is 0. The molecule has 33 heavy (non-hydrogen) atoms. The molecule has 0 aromatic carbocycles. The predicted molar refractivity (Wildman–Crippen MR) is 99.8 cm³/mol. The van der Waals surface area contributed by atoms with E-state index in [4.69, 9.17) is 23.7 Å². The first-order valence-corrected chi connectivity index (χ1v) is 10.4. The lowest BCUT2D eigenvalue weighted by Gasteiger charge is -2.46. The van der Waals surface area contributed by atoms with Crippen molar-refractivity contribution in [2.24, 2.45) is 0 Å². The zero-order chi connectivity index (χ0) is 24.6. The number of ether oxygens (including phenoxy) is 5. The molecule has 15 atom stereocenters. The van der Waals surface area contributed by atoms with Crippen molar-refractivity contribution in [2.75, 3.05) is 13.2 Å². The minimum absolute atomic E-state index is 0.541. The van der Waals surface area contributed by atoms with Crippen molar-refractivity contribution in [2.45, 2.75) is 99.0 Å². The van der Waals surface area contributed by atoms with E-state index >= 15 is 0 Å². The second-order valence-corrected chi connectivity index (χ2v) is 8.36. The third-order valence-corrected chi connectivity index (χ3v) is 6.03. The van der Waals surface area contributed by atoms with Crippen molar-refractivity contribution in [1.82, 2.24) is 0 Å². The van der Waals surface area contributed by atoms with Gasteiger partial charge in [0.25, 0.3) is 0 Å². The van der Waals surface area contributed by atoms with Crippen LogP contribution in [0, 0.1) is 0 Å². The first-order chi connectivity index (χ1) is 15.5. The van der Waals surface area contributed by atoms with Gasteiger partial charge in [-0.2, -0.15) is 0 Å². The van der Waals surface area contributed by atoms with Crippen LogP contribution < -0.4 is 0 Å². The lowest BCUT2D eigenvalue weighted by atomic mass is 9.97. The molecule has 194 valence electrons. The molecular formula is C18H32O15. The molecule has 3 aliphatic heterocycles. The fourth-order valence-corrected chi connectivity index (χ4v) is 3.90. The maximum Gasteiger partial charge on any atom is 0.187 e. The molecule has 3 saturated heterocycles. The van der Waals surface area contributed by atoms with Gasteiger partial charge in [0.15, 0.2) is 18.9 Å². The summed E-state index contributed by atoms with van der Waals surface area (Å²) < 4.78 is 26.6. The van der Waals surface area contributed by atoms with Crippen LogP contribution in [-0.4, -0.2) is 156 Å². The van der Waals surface area contributed by atoms with E-state index in [0.717, 1.165) is 0 Å². The maximum atomic E-state index is 10.4. The maximum absolute atomic E-state index is 10.4. The average molecular weight is 488 g/mol. The Morgan fingerprint density at radius 3 is 1.85 bits per heavy atom. The highest BCUT2D eigenvalue weighted by molar-refractivity contribution is 4.94. The quantitative estimate of drug-likeness (QED) is 0.167. The fourth-order valence-electron chi connectivity index (χ4n) is 3.90. The van der Waals surface area contributed by atoms with Gasteiger partial charge in [0, 0.05) is 0 Å². The van der Waals surface area contributed by atoms with Crippen LogP contribution in [0.3, 0.4) is 0 Å². The van der Waals surface area contributed by atoms with Crippen LogP contribution in [0.25, 0.3) is 0 Å². The summed E-state index contributed by atoms with van der Waals surface area (Å²) in [6, 6.07) is 0. The Bertz CT molecular complexity index is 624. The highest BCUT2D eigenvalue weighted by Gasteiger charge is 2.51. The Morgan fingerprint density at radius 2 is 1.21 bits per heavy atom. The molecule has 3 rings (SSSR count). The summed E-state index contributed by atoms with van der Waals surface area (Å²) >= 11 is 0. The summed E-state index contributed by atoms with van der Waals surface area (Å²) in [5.41, 5.74) is 0. The molecule has 3 heterocycles. The Hall–Kier alpha value is -0.600. The number of aliphatic hydroxyl groups excluding tert-OH is 10. The predicted octanol–water partition coefficient (Wildman–Crippen LogP) is -6.55. The number of aliphatic hydroxyl groups is 10. The van der Waals surface area contributed by atoms with E-state index in [1.165, 1.54) is 6.92 Å². The van der Waals surface area contributed by atoms with E-state index in [9.17, 15) is 51.1 Å². The number of rotatable bonds is 6. The monoisotopic (exact) mass is 488 g/mol. The van der Waals surface area contributed by atoms with Crippen molar-refractivity contribution in [3.05, 3.63) is 0 Å². The van der Waals surface area contributed by atoms with Crippen molar-refractivity contribution in [3.8, 4) is 0 Å². The number of hydrogen-bond donors (Lipinski definition) is 10. The van der Waals surface area contributed by atoms with Crippen molar-refractivity contribution in [1.29, 1.82) is 0 Å². The Balaban J connectivity index is 1.71. The molecule has 0 aromatic heterocycles. The largest absolute Gasteiger partial charge is 0.394 e. The zero-order valence-electron chi connectivity index (χ0n) is 17.6. The average Bonchev–Trinajstić information content (AvgIpc) is 2.79. The van der Waals surface area contributed by atoms with Crippen LogP contribution in [-0.2, 0) is 23.7 Å². The molecule has 3 aliphatic rings. The Labute approximate surface area is 187 Å². The van der Waals surface area contributed by atoms with Crippen molar-refractivity contribution in [3.63, 3.8) is 0 Å². The van der Waals surface area contributed by atoms with Crippen LogP contribution in [0.1, 0.15) is 6.92 Å². The van der Waals surface area contributed by atoms with E-state index in [-0.39, 0.29) is 0 Å². The minimum Gasteiger partial charge on any atom is -0.394 e. The van der Waals surface area contributed by atoms with Gasteiger partial charge in [0.05, 0.1) is 19.3 Å². The molecule has 3 fully saturated rings. The summed E-state index contributed by atoms with van der Waals surface area (Å²) in [7, 11) is 0. The Morgan fingerprint density at radius 1 is 0.606 bits per heavy atom. The summed E-state index contributed by atoms with van der Waals surface area (Å²) in [5, 5.41) is 99.3. The lowest BCUT2D eigenvalue weighted by molar-refractivity contribution is -0.362. The third kappa shape index (κ3) is 5.48. The standard InChI is InChI=1S/C18H32O15/c1-4-7(20)9(22)13(26)17(30-4)29-3-6-15(11(24)12(25)16(28)31-6)33-18-14(27)10(23)8(21)5(2-19)32-18/h4-28H,2-3H2,1H3/t4-,5+,6+,7-,8+,9+,10-,11+,12+,13+,14+,15+,16?,17+,18+/m0/s1. The summed E-state index contributed by atoms with van der Waals surface area (Å²) in [6.07, 6.45) is -23.6. The third-order valence-electron chi connectivity index (χ3n) is 6.03. The second kappa shape index (κ2) is 11.0. The molecule has 1 unspecified atom stereocenters. The molecule has 0 spiro atoms. The van der Waals surface area contributed by atoms with E-state index in [2.05, 4.69) is 0 Å². The van der Waals surface area contributed by atoms with Gasteiger partial charge in [-0.25, -0.2) is 0 Å². The van der Waals surface area contributed by atoms with Gasteiger partial charge in [-0.05, 0) is 6.92 Å². The molecule has 0 bridgehead atoms. The SMILES string of the molecule is C[C@@H]1O[C@@H](OC[C@H]2OC(O)[C@H](O)[C@@H](O)[C@@H]2O[C@H]2O[C@H](CO)[C@@H](O)[C@H](O)[C@H]2O)[C@H](O)[C@H](O)[C@H]1O. The fraction of sp³-hybridized carbons (Fsp3) is 1.00. The molecule has 15 heteroatoms. The number of hydrogen-bond acceptors (Lipinski definition) is 15. The van der Waals surface area contributed by atoms with E-state index < -0.39 is 105 Å². The van der Waals surface area contributed by atoms with E-state index in [1.807, 2.05) is 0 Å². The van der Waals surface area contributed by atoms with Gasteiger partial charge in [-0.3, -0.25) is 0 Å². The van der Waals surface area contributed by atoms with Crippen LogP contribution >= 0.6 is 0 Å². The van der Waals surface area contributed by atoms with Crippen molar-refractivity contribution >= 4 is 0 Å². The molecule has 15 nitrogen and oxygen atoms in total. The first-order valence-electron chi connectivity index (χ1n) is 10.4. The molecule has 0 saturated carbocycles. The van der Waals surface area contributed by atoms with Gasteiger partial charge < -0.3 is 74.7 Å². The van der Waals surface area contributed by atoms with Gasteiger partial charge in [-0.1, -0.05) is 0 Å². The van der Waals surface area contributed by atoms with Gasteiger partial charge in [0.2, 0.25) is 0 Å². The smallest absolute Gasteiger partial charge is 0.187 e. The molecule has 0 aromatic rings. The summed E-state index contributed by atoms with van der Waals surface area (Å²) in [5.74, 6) is 0. The normalized spacial score (nSPS) is 53.7. The van der Waals surface area contributed by atoms with Crippen LogP contribution in [0.4, 0.5) is 0 Å². The Kier molecular flexibility index (Phi) is 8.99. The van der Waals surface area contributed by atoms with Crippen molar-refractivity contribution < 1.29 is 74.7 Å². The second-order valence-electron chi connectivity index (χ2n) is 8.36. The minimum atomic E-state index is -1.87. The van der Waals surface area contributed by atoms with E-state index in [0.29, 0.717) is 0 Å². The summed E-state index contributed by atoms with van der Waals surface area (Å²) in [6.45, 7) is 0.161. The van der Waals surface area contributed by atoms with Crippen LogP contribution in [0.2, 0.25) is 0 Å². The highest BCUT2D eigenvalue weighted by atomic mass is 16.7. The highest BCUT2D eigenvalue weighted by Crippen LogP contribution is 2.30. The van der Waals surface area contributed by atoms with Gasteiger partial charge in [0.1, 0.15) is 67.1 Å². The topological polar surface area (TPSA) is 248 Å². The van der Waals surface area contributed by atoms with Crippen LogP contribution in [0.5, 0.6) is 0 Å². The van der Waals surface area contributed by atoms with E-state index in [1.54, 1.807) is 0 Å². The van der Waals surface area contributed by atoms with Gasteiger partial charge in [-0.15, -0.1) is 0 Å². The lowest BCUT2D eigenvalue weighted by Crippen LogP contribution is -2.65. The molecule has 0 radical (unpaired) electrons. The van der Waals surface area contributed by atoms with Crippen LogP contribution in [0.15, 0.2) is 0 Å².